The molecule has 0 aromatic carbocycles. The number of nitrogens with two attached hydrogens (primary N) is 1. The molecule has 0 spiro atoms. The maximum Gasteiger partial charge on any atom is 0.0300 e. The zero-order chi connectivity index (χ0) is 8.97. The summed E-state index contributed by atoms with van der Waals surface area (Å²) in [5.74, 6) is 0. The predicted molar refractivity (Wildman–Crippen MR) is 51.1 cm³/mol. The molecule has 0 saturated carbocycles. The van der Waals surface area contributed by atoms with Gasteiger partial charge in [0.25, 0.3) is 0 Å². The highest BCUT2D eigenvalue weighted by Crippen LogP contribution is 2.12. The summed E-state index contributed by atoms with van der Waals surface area (Å²) >= 11 is 0. The van der Waals surface area contributed by atoms with E-state index in [1.54, 1.807) is 0 Å². The molecule has 1 aromatic rings. The number of nitrogens with zero attached hydrogens (tertiary/aromatic N) is 1. The third-order valence-electron chi connectivity index (χ3n) is 2.12. The lowest BCUT2D eigenvalue weighted by Gasteiger charge is -2.07. The minimum absolute atomic E-state index is 0.765. The lowest BCUT2D eigenvalue weighted by Crippen LogP contribution is -2.03. The second-order valence-electron chi connectivity index (χ2n) is 3.14. The maximum atomic E-state index is 5.46. The van der Waals surface area contributed by atoms with Gasteiger partial charge < -0.3 is 5.73 Å². The molecule has 0 amide bonds. The highest BCUT2D eigenvalue weighted by atomic mass is 14.6. The monoisotopic (exact) mass is 164 g/mol. The molecule has 2 heteroatoms. The fraction of sp³-hybridized carbons (Fsp3) is 0.500. The Morgan fingerprint density at radius 3 is 2.33 bits per heavy atom. The molecule has 1 heterocycles. The number of rotatable bonds is 3. The quantitative estimate of drug-likeness (QED) is 0.736. The molecular formula is C10H16N2. The van der Waals surface area contributed by atoms with Crippen LogP contribution in [0.15, 0.2) is 12.4 Å². The Morgan fingerprint density at radius 1 is 1.25 bits per heavy atom. The summed E-state index contributed by atoms with van der Waals surface area (Å²) in [6.07, 6.45) is 5.97. The first kappa shape index (κ1) is 9.20. The van der Waals surface area contributed by atoms with Crippen LogP contribution >= 0.6 is 0 Å². The summed E-state index contributed by atoms with van der Waals surface area (Å²) in [5, 5.41) is 0. The van der Waals surface area contributed by atoms with Crippen molar-refractivity contribution in [3.05, 3.63) is 29.1 Å². The predicted octanol–water partition coefficient (Wildman–Crippen LogP) is 1.59. The summed E-state index contributed by atoms with van der Waals surface area (Å²) in [5.41, 5.74) is 9.44. The van der Waals surface area contributed by atoms with Crippen LogP contribution in [0.25, 0.3) is 0 Å². The van der Waals surface area contributed by atoms with E-state index in [0.29, 0.717) is 0 Å². The third kappa shape index (κ3) is 2.05. The minimum atomic E-state index is 0.765. The van der Waals surface area contributed by atoms with Gasteiger partial charge in [0.15, 0.2) is 0 Å². The highest BCUT2D eigenvalue weighted by Gasteiger charge is 2.00. The molecule has 0 aliphatic rings. The average Bonchev–Trinajstić information content (AvgIpc) is 2.04. The summed E-state index contributed by atoms with van der Waals surface area (Å²) in [4.78, 5) is 4.12. The lowest BCUT2D eigenvalue weighted by atomic mass is 10.0. The Labute approximate surface area is 73.8 Å². The molecule has 0 bridgehead atoms. The number of aryl methyl sites for hydroxylation is 2. The molecule has 0 radical (unpaired) electrons. The highest BCUT2D eigenvalue weighted by molar-refractivity contribution is 5.29. The van der Waals surface area contributed by atoms with E-state index in [1.165, 1.54) is 16.7 Å². The van der Waals surface area contributed by atoms with Gasteiger partial charge in [-0.25, -0.2) is 0 Å². The average molecular weight is 164 g/mol. The SMILES string of the molecule is Cc1cncc(C)c1CCCN. The van der Waals surface area contributed by atoms with Crippen molar-refractivity contribution < 1.29 is 0 Å². The normalized spacial score (nSPS) is 10.2. The van der Waals surface area contributed by atoms with Gasteiger partial charge in [0, 0.05) is 12.4 Å². The van der Waals surface area contributed by atoms with E-state index in [4.69, 9.17) is 5.73 Å². The van der Waals surface area contributed by atoms with Crippen LogP contribution in [-0.4, -0.2) is 11.5 Å². The van der Waals surface area contributed by atoms with Gasteiger partial charge in [-0.1, -0.05) is 0 Å². The molecule has 12 heavy (non-hydrogen) atoms. The van der Waals surface area contributed by atoms with E-state index >= 15 is 0 Å². The Morgan fingerprint density at radius 2 is 1.83 bits per heavy atom. The molecular weight excluding hydrogens is 148 g/mol. The van der Waals surface area contributed by atoms with Gasteiger partial charge in [-0.3, -0.25) is 4.98 Å². The van der Waals surface area contributed by atoms with Crippen molar-refractivity contribution in [3.63, 3.8) is 0 Å². The van der Waals surface area contributed by atoms with Crippen molar-refractivity contribution >= 4 is 0 Å². The molecule has 2 N–H and O–H groups in total. The summed E-state index contributed by atoms with van der Waals surface area (Å²) in [6.45, 7) is 4.97. The number of aromatic nitrogens is 1. The number of hydrogen-bond donors (Lipinski definition) is 1. The van der Waals surface area contributed by atoms with E-state index in [1.807, 2.05) is 12.4 Å². The largest absolute Gasteiger partial charge is 0.330 e. The van der Waals surface area contributed by atoms with Crippen molar-refractivity contribution in [1.29, 1.82) is 0 Å². The number of pyridine rings is 1. The van der Waals surface area contributed by atoms with Crippen LogP contribution < -0.4 is 5.73 Å². The zero-order valence-electron chi connectivity index (χ0n) is 7.80. The molecule has 1 aromatic heterocycles. The first-order chi connectivity index (χ1) is 5.75. The van der Waals surface area contributed by atoms with Gasteiger partial charge in [0.1, 0.15) is 0 Å². The summed E-state index contributed by atoms with van der Waals surface area (Å²) in [6, 6.07) is 0. The topological polar surface area (TPSA) is 38.9 Å². The van der Waals surface area contributed by atoms with Crippen LogP contribution in [0.1, 0.15) is 23.1 Å². The Balaban J connectivity index is 2.81. The van der Waals surface area contributed by atoms with Crippen LogP contribution in [0, 0.1) is 13.8 Å². The molecule has 0 atom stereocenters. The maximum absolute atomic E-state index is 5.46. The third-order valence-corrected chi connectivity index (χ3v) is 2.12. The van der Waals surface area contributed by atoms with Crippen molar-refractivity contribution in [1.82, 2.24) is 4.98 Å². The fourth-order valence-corrected chi connectivity index (χ4v) is 1.40. The van der Waals surface area contributed by atoms with E-state index in [-0.39, 0.29) is 0 Å². The van der Waals surface area contributed by atoms with E-state index in [0.717, 1.165) is 19.4 Å². The van der Waals surface area contributed by atoms with E-state index in [2.05, 4.69) is 18.8 Å². The smallest absolute Gasteiger partial charge is 0.0300 e. The van der Waals surface area contributed by atoms with Crippen molar-refractivity contribution in [2.75, 3.05) is 6.54 Å². The molecule has 66 valence electrons. The first-order valence-electron chi connectivity index (χ1n) is 4.36. The second-order valence-corrected chi connectivity index (χ2v) is 3.14. The minimum Gasteiger partial charge on any atom is -0.330 e. The van der Waals surface area contributed by atoms with Gasteiger partial charge in [0.2, 0.25) is 0 Å². The van der Waals surface area contributed by atoms with Crippen LogP contribution in [0.5, 0.6) is 0 Å². The van der Waals surface area contributed by atoms with Crippen molar-refractivity contribution in [3.8, 4) is 0 Å². The molecule has 2 nitrogen and oxygen atoms in total. The lowest BCUT2D eigenvalue weighted by molar-refractivity contribution is 0.820. The van der Waals surface area contributed by atoms with Crippen LogP contribution in [0.2, 0.25) is 0 Å². The Hall–Kier alpha value is -0.890. The van der Waals surface area contributed by atoms with Gasteiger partial charge >= 0.3 is 0 Å². The molecule has 0 unspecified atom stereocenters. The van der Waals surface area contributed by atoms with Crippen molar-refractivity contribution in [2.45, 2.75) is 26.7 Å². The van der Waals surface area contributed by atoms with Gasteiger partial charge in [0.05, 0.1) is 0 Å². The van der Waals surface area contributed by atoms with Gasteiger partial charge in [-0.15, -0.1) is 0 Å². The molecule has 0 fully saturated rings. The van der Waals surface area contributed by atoms with E-state index < -0.39 is 0 Å². The zero-order valence-corrected chi connectivity index (χ0v) is 7.80. The standard InChI is InChI=1S/C10H16N2/c1-8-6-12-7-9(2)10(8)4-3-5-11/h6-7H,3-5,11H2,1-2H3. The molecule has 0 saturated heterocycles. The van der Waals surface area contributed by atoms with E-state index in [9.17, 15) is 0 Å². The summed E-state index contributed by atoms with van der Waals surface area (Å²) < 4.78 is 0. The molecule has 0 aliphatic carbocycles. The Bertz CT molecular complexity index is 236. The second kappa shape index (κ2) is 4.21. The van der Waals surface area contributed by atoms with Gasteiger partial charge in [-0.05, 0) is 49.9 Å². The molecule has 0 aliphatic heterocycles. The fourth-order valence-electron chi connectivity index (χ4n) is 1.40. The number of hydrogen-bond acceptors (Lipinski definition) is 2. The Kier molecular flexibility index (Phi) is 3.23. The first-order valence-corrected chi connectivity index (χ1v) is 4.36. The van der Waals surface area contributed by atoms with Crippen LogP contribution in [0.3, 0.4) is 0 Å². The van der Waals surface area contributed by atoms with Crippen LogP contribution in [0.4, 0.5) is 0 Å². The van der Waals surface area contributed by atoms with Crippen molar-refractivity contribution in [2.24, 2.45) is 5.73 Å². The van der Waals surface area contributed by atoms with Crippen LogP contribution in [-0.2, 0) is 6.42 Å². The summed E-state index contributed by atoms with van der Waals surface area (Å²) in [7, 11) is 0. The van der Waals surface area contributed by atoms with Gasteiger partial charge in [-0.2, -0.15) is 0 Å². The molecule has 1 rings (SSSR count).